The summed E-state index contributed by atoms with van der Waals surface area (Å²) >= 11 is 0. The third-order valence-electron chi connectivity index (χ3n) is 5.75. The van der Waals surface area contributed by atoms with Crippen LogP contribution in [0, 0.1) is 25.2 Å². The Morgan fingerprint density at radius 1 is 1.24 bits per heavy atom. The number of amides is 1. The molecule has 9 heteroatoms. The number of rotatable bonds is 7. The van der Waals surface area contributed by atoms with E-state index in [0.29, 0.717) is 18.8 Å². The molecule has 0 bridgehead atoms. The van der Waals surface area contributed by atoms with Gasteiger partial charge in [0, 0.05) is 36.6 Å². The van der Waals surface area contributed by atoms with Crippen LogP contribution in [0.4, 0.5) is 5.69 Å². The molecule has 1 aliphatic rings. The van der Waals surface area contributed by atoms with Gasteiger partial charge in [0.1, 0.15) is 17.5 Å². The minimum absolute atomic E-state index is 0.0165. The number of sulfonamides is 1. The third kappa shape index (κ3) is 6.14. The first kappa shape index (κ1) is 25.2. The standard InChI is InChI=1S/C25H31N5O3S/c1-4-13-30-18(2)14-20(19(30)3)15-21(17-26)25(31)28-22-9-8-10-23(16-22)34(32,33)29-24-11-6-5-7-12-27-24/h8-10,14-16H,4-7,11-13H2,1-3H3,(H,27,29)(H,28,31)/b21-15-. The van der Waals surface area contributed by atoms with Crippen molar-refractivity contribution in [2.24, 2.45) is 4.99 Å². The first-order valence-electron chi connectivity index (χ1n) is 11.5. The number of benzene rings is 1. The lowest BCUT2D eigenvalue weighted by molar-refractivity contribution is -0.112. The number of carbonyl (C=O) groups is 1. The summed E-state index contributed by atoms with van der Waals surface area (Å²) in [6, 6.07) is 9.87. The lowest BCUT2D eigenvalue weighted by Gasteiger charge is -2.11. The summed E-state index contributed by atoms with van der Waals surface area (Å²) in [5.74, 6) is -0.138. The Morgan fingerprint density at radius 3 is 2.76 bits per heavy atom. The van der Waals surface area contributed by atoms with Crippen LogP contribution in [0.1, 0.15) is 56.0 Å². The molecular formula is C25H31N5O3S. The van der Waals surface area contributed by atoms with E-state index in [0.717, 1.165) is 49.2 Å². The van der Waals surface area contributed by atoms with E-state index < -0.39 is 15.9 Å². The molecule has 34 heavy (non-hydrogen) atoms. The van der Waals surface area contributed by atoms with Crippen LogP contribution in [-0.2, 0) is 21.4 Å². The number of aliphatic imine (C=N–C) groups is 1. The van der Waals surface area contributed by atoms with Crippen molar-refractivity contribution in [2.75, 3.05) is 11.9 Å². The molecular weight excluding hydrogens is 450 g/mol. The monoisotopic (exact) mass is 481 g/mol. The van der Waals surface area contributed by atoms with Crippen LogP contribution in [0.2, 0.25) is 0 Å². The summed E-state index contributed by atoms with van der Waals surface area (Å²) in [5, 5.41) is 12.2. The van der Waals surface area contributed by atoms with Crippen molar-refractivity contribution in [3.63, 3.8) is 0 Å². The SMILES string of the molecule is CCCn1c(C)cc(/C=C(/C#N)C(=O)Nc2cccc(S(=O)(=O)NC3=NCCCCC3)c2)c1C. The molecule has 2 heterocycles. The molecule has 0 saturated heterocycles. The predicted octanol–water partition coefficient (Wildman–Crippen LogP) is 4.31. The van der Waals surface area contributed by atoms with Gasteiger partial charge >= 0.3 is 0 Å². The molecule has 3 rings (SSSR count). The van der Waals surface area contributed by atoms with Gasteiger partial charge in [-0.25, -0.2) is 8.42 Å². The number of aryl methyl sites for hydroxylation is 1. The minimum atomic E-state index is -3.84. The first-order valence-corrected chi connectivity index (χ1v) is 13.0. The summed E-state index contributed by atoms with van der Waals surface area (Å²) in [6.07, 6.45) is 5.99. The molecule has 0 radical (unpaired) electrons. The zero-order chi connectivity index (χ0) is 24.7. The highest BCUT2D eigenvalue weighted by Crippen LogP contribution is 2.21. The van der Waals surface area contributed by atoms with Gasteiger partial charge in [-0.3, -0.25) is 14.5 Å². The number of aromatic nitrogens is 1. The van der Waals surface area contributed by atoms with Crippen LogP contribution < -0.4 is 10.0 Å². The van der Waals surface area contributed by atoms with E-state index in [-0.39, 0.29) is 16.2 Å². The Kier molecular flexibility index (Phi) is 8.29. The van der Waals surface area contributed by atoms with E-state index >= 15 is 0 Å². The molecule has 0 saturated carbocycles. The largest absolute Gasteiger partial charge is 0.349 e. The molecule has 2 aromatic rings. The van der Waals surface area contributed by atoms with Gasteiger partial charge in [-0.2, -0.15) is 5.26 Å². The van der Waals surface area contributed by atoms with Crippen molar-refractivity contribution in [2.45, 2.75) is 64.3 Å². The molecule has 1 aromatic heterocycles. The number of anilines is 1. The Labute approximate surface area is 201 Å². The second-order valence-electron chi connectivity index (χ2n) is 8.37. The second kappa shape index (κ2) is 11.2. The molecule has 1 aliphatic heterocycles. The van der Waals surface area contributed by atoms with Gasteiger partial charge in [0.05, 0.1) is 4.90 Å². The third-order valence-corrected chi connectivity index (χ3v) is 7.13. The maximum atomic E-state index is 12.8. The van der Waals surface area contributed by atoms with Crippen LogP contribution in [-0.4, -0.2) is 31.3 Å². The lowest BCUT2D eigenvalue weighted by atomic mass is 10.1. The van der Waals surface area contributed by atoms with E-state index in [2.05, 4.69) is 26.5 Å². The van der Waals surface area contributed by atoms with Crippen LogP contribution in [0.15, 0.2) is 45.8 Å². The number of hydrogen-bond donors (Lipinski definition) is 2. The average molecular weight is 482 g/mol. The van der Waals surface area contributed by atoms with Crippen LogP contribution in [0.3, 0.4) is 0 Å². The molecule has 0 unspecified atom stereocenters. The summed E-state index contributed by atoms with van der Waals surface area (Å²) in [4.78, 5) is 17.1. The quantitative estimate of drug-likeness (QED) is 0.453. The molecule has 0 fully saturated rings. The summed E-state index contributed by atoms with van der Waals surface area (Å²) in [7, 11) is -3.84. The first-order chi connectivity index (χ1) is 16.2. The molecule has 1 aromatic carbocycles. The van der Waals surface area contributed by atoms with Gasteiger partial charge in [-0.1, -0.05) is 19.4 Å². The van der Waals surface area contributed by atoms with E-state index in [1.54, 1.807) is 18.2 Å². The molecule has 8 nitrogen and oxygen atoms in total. The zero-order valence-corrected chi connectivity index (χ0v) is 20.7. The maximum absolute atomic E-state index is 12.8. The number of hydrogen-bond acceptors (Lipinski definition) is 5. The summed E-state index contributed by atoms with van der Waals surface area (Å²) < 4.78 is 30.4. The van der Waals surface area contributed by atoms with Gasteiger partial charge in [-0.05, 0) is 69.0 Å². The number of carbonyl (C=O) groups excluding carboxylic acids is 1. The Hall–Kier alpha value is -3.38. The highest BCUT2D eigenvalue weighted by atomic mass is 32.2. The summed E-state index contributed by atoms with van der Waals surface area (Å²) in [6.45, 7) is 7.52. The van der Waals surface area contributed by atoms with Crippen molar-refractivity contribution in [3.8, 4) is 6.07 Å². The molecule has 0 aliphatic carbocycles. The van der Waals surface area contributed by atoms with Gasteiger partial charge in [0.2, 0.25) is 0 Å². The van der Waals surface area contributed by atoms with Crippen molar-refractivity contribution in [3.05, 3.63) is 52.9 Å². The van der Waals surface area contributed by atoms with Gasteiger partial charge < -0.3 is 9.88 Å². The van der Waals surface area contributed by atoms with E-state index in [1.807, 2.05) is 26.0 Å². The van der Waals surface area contributed by atoms with E-state index in [4.69, 9.17) is 0 Å². The Balaban J connectivity index is 1.79. The predicted molar refractivity (Wildman–Crippen MR) is 134 cm³/mol. The normalized spacial score (nSPS) is 14.6. The zero-order valence-electron chi connectivity index (χ0n) is 19.9. The van der Waals surface area contributed by atoms with E-state index in [1.165, 1.54) is 12.1 Å². The van der Waals surface area contributed by atoms with Gasteiger partial charge in [0.15, 0.2) is 0 Å². The Morgan fingerprint density at radius 2 is 2.03 bits per heavy atom. The molecule has 180 valence electrons. The molecule has 1 amide bonds. The fourth-order valence-electron chi connectivity index (χ4n) is 3.96. The summed E-state index contributed by atoms with van der Waals surface area (Å²) in [5.41, 5.74) is 3.08. The average Bonchev–Trinajstić information content (AvgIpc) is 2.97. The number of nitriles is 1. The fraction of sp³-hybridized carbons (Fsp3) is 0.400. The molecule has 0 spiro atoms. The van der Waals surface area contributed by atoms with Crippen molar-refractivity contribution >= 4 is 33.5 Å². The van der Waals surface area contributed by atoms with Crippen LogP contribution in [0.5, 0.6) is 0 Å². The lowest BCUT2D eigenvalue weighted by Crippen LogP contribution is -2.30. The number of nitrogens with zero attached hydrogens (tertiary/aromatic N) is 3. The topological polar surface area (TPSA) is 116 Å². The second-order valence-corrected chi connectivity index (χ2v) is 10.1. The Bertz CT molecular complexity index is 1270. The highest BCUT2D eigenvalue weighted by Gasteiger charge is 2.19. The maximum Gasteiger partial charge on any atom is 0.266 e. The smallest absolute Gasteiger partial charge is 0.266 e. The minimum Gasteiger partial charge on any atom is -0.349 e. The highest BCUT2D eigenvalue weighted by molar-refractivity contribution is 7.90. The van der Waals surface area contributed by atoms with Crippen LogP contribution >= 0.6 is 0 Å². The van der Waals surface area contributed by atoms with Crippen molar-refractivity contribution in [1.29, 1.82) is 5.26 Å². The van der Waals surface area contributed by atoms with Crippen LogP contribution in [0.25, 0.3) is 6.08 Å². The fourth-order valence-corrected chi connectivity index (χ4v) is 5.09. The van der Waals surface area contributed by atoms with E-state index in [9.17, 15) is 18.5 Å². The van der Waals surface area contributed by atoms with Gasteiger partial charge in [0.25, 0.3) is 15.9 Å². The van der Waals surface area contributed by atoms with Crippen molar-refractivity contribution < 1.29 is 13.2 Å². The number of amidine groups is 1. The van der Waals surface area contributed by atoms with Gasteiger partial charge in [-0.15, -0.1) is 0 Å². The molecule has 0 atom stereocenters. The molecule has 2 N–H and O–H groups in total. The van der Waals surface area contributed by atoms with Crippen molar-refractivity contribution in [1.82, 2.24) is 9.29 Å². The number of nitrogens with one attached hydrogen (secondary N) is 2.